The number of carbonyl (C=O) groups excluding carboxylic acids is 1. The van der Waals surface area contributed by atoms with Gasteiger partial charge in [-0.15, -0.1) is 10.2 Å². The molecule has 3 rings (SSSR count). The second-order valence-corrected chi connectivity index (χ2v) is 10.1. The zero-order chi connectivity index (χ0) is 21.8. The first-order chi connectivity index (χ1) is 14.2. The third-order valence-electron chi connectivity index (χ3n) is 3.74. The summed E-state index contributed by atoms with van der Waals surface area (Å²) in [6, 6.07) is 15.5. The van der Waals surface area contributed by atoms with Crippen LogP contribution in [0.25, 0.3) is 0 Å². The maximum atomic E-state index is 12.4. The molecular weight excluding hydrogens is 452 g/mol. The van der Waals surface area contributed by atoms with Gasteiger partial charge in [0.1, 0.15) is 5.75 Å². The Morgan fingerprint density at radius 1 is 0.833 bits per heavy atom. The number of aromatic nitrogens is 2. The monoisotopic (exact) mass is 466 g/mol. The first-order valence-corrected chi connectivity index (χ1v) is 11.9. The van der Waals surface area contributed by atoms with Crippen LogP contribution in [0.5, 0.6) is 0 Å². The van der Waals surface area contributed by atoms with E-state index in [2.05, 4.69) is 20.2 Å². The summed E-state index contributed by atoms with van der Waals surface area (Å²) >= 11 is 5.61. The number of nitrogens with one attached hydrogen (secondary N) is 2. The fourth-order valence-corrected chi connectivity index (χ4v) is 4.62. The summed E-state index contributed by atoms with van der Waals surface area (Å²) in [6.07, 6.45) is 0. The molecule has 0 saturated carbocycles. The molecular formula is C18H15ClN4O5S2. The van der Waals surface area contributed by atoms with E-state index in [1.165, 1.54) is 48.5 Å². The van der Waals surface area contributed by atoms with Gasteiger partial charge in [-0.2, -0.15) is 0 Å². The summed E-state index contributed by atoms with van der Waals surface area (Å²) in [5, 5.41) is 9.72. The van der Waals surface area contributed by atoms with E-state index in [0.717, 1.165) is 0 Å². The van der Waals surface area contributed by atoms with Crippen molar-refractivity contribution in [3.05, 3.63) is 71.9 Å². The highest BCUT2D eigenvalue weighted by atomic mass is 35.5. The molecule has 9 nitrogen and oxygen atoms in total. The predicted octanol–water partition coefficient (Wildman–Crippen LogP) is 2.34. The highest BCUT2D eigenvalue weighted by molar-refractivity contribution is 7.92. The van der Waals surface area contributed by atoms with Gasteiger partial charge in [0.25, 0.3) is 10.0 Å². The van der Waals surface area contributed by atoms with Gasteiger partial charge in [0, 0.05) is 5.69 Å². The minimum atomic E-state index is -3.94. The third kappa shape index (κ3) is 5.53. The molecule has 0 atom stereocenters. The van der Waals surface area contributed by atoms with Crippen LogP contribution in [0.3, 0.4) is 0 Å². The van der Waals surface area contributed by atoms with E-state index in [4.69, 9.17) is 11.6 Å². The number of benzene rings is 2. The Labute approximate surface area is 178 Å². The molecule has 1 aromatic heterocycles. The summed E-state index contributed by atoms with van der Waals surface area (Å²) in [4.78, 5) is 12.1. The minimum Gasteiger partial charge on any atom is -0.325 e. The van der Waals surface area contributed by atoms with Crippen molar-refractivity contribution < 1.29 is 21.6 Å². The Morgan fingerprint density at radius 2 is 1.50 bits per heavy atom. The van der Waals surface area contributed by atoms with E-state index in [1.54, 1.807) is 18.2 Å². The van der Waals surface area contributed by atoms with Crippen LogP contribution in [0, 0.1) is 0 Å². The van der Waals surface area contributed by atoms with Gasteiger partial charge < -0.3 is 5.32 Å². The van der Waals surface area contributed by atoms with Crippen molar-refractivity contribution in [2.75, 3.05) is 15.8 Å². The van der Waals surface area contributed by atoms with Gasteiger partial charge >= 0.3 is 0 Å². The molecule has 156 valence electrons. The number of amides is 1. The van der Waals surface area contributed by atoms with Crippen molar-refractivity contribution in [1.29, 1.82) is 0 Å². The van der Waals surface area contributed by atoms with E-state index >= 15 is 0 Å². The van der Waals surface area contributed by atoms with Crippen LogP contribution in [0.1, 0.15) is 0 Å². The van der Waals surface area contributed by atoms with Crippen LogP contribution in [-0.2, 0) is 24.7 Å². The largest absolute Gasteiger partial charge is 0.325 e. The molecule has 0 aliphatic rings. The summed E-state index contributed by atoms with van der Waals surface area (Å²) < 4.78 is 51.5. The van der Waals surface area contributed by atoms with Crippen molar-refractivity contribution in [2.24, 2.45) is 0 Å². The maximum absolute atomic E-state index is 12.4. The number of hydrogen-bond donors (Lipinski definition) is 2. The standard InChI is InChI=1S/C18H15ClN4O5S2/c19-16-10-11-17(22-21-16)23-30(27,28)15-8-6-13(7-9-15)20-18(24)12-29(25,26)14-4-2-1-3-5-14/h1-11H,12H2,(H,20,24)(H,22,23). The van der Waals surface area contributed by atoms with E-state index in [1.807, 2.05) is 0 Å². The smallest absolute Gasteiger partial charge is 0.263 e. The van der Waals surface area contributed by atoms with Gasteiger partial charge in [0.05, 0.1) is 9.79 Å². The molecule has 1 heterocycles. The first kappa shape index (κ1) is 21.7. The summed E-state index contributed by atoms with van der Waals surface area (Å²) in [5.41, 5.74) is 0.244. The van der Waals surface area contributed by atoms with Crippen molar-refractivity contribution >= 4 is 48.9 Å². The average molecular weight is 467 g/mol. The lowest BCUT2D eigenvalue weighted by Crippen LogP contribution is -2.23. The summed E-state index contributed by atoms with van der Waals surface area (Å²) in [6.45, 7) is 0. The van der Waals surface area contributed by atoms with Gasteiger partial charge in [-0.05, 0) is 48.5 Å². The lowest BCUT2D eigenvalue weighted by molar-refractivity contribution is -0.113. The van der Waals surface area contributed by atoms with Crippen molar-refractivity contribution in [2.45, 2.75) is 9.79 Å². The topological polar surface area (TPSA) is 135 Å². The Hall–Kier alpha value is -3.02. The second kappa shape index (κ2) is 8.78. The molecule has 0 aliphatic carbocycles. The molecule has 0 aliphatic heterocycles. The average Bonchev–Trinajstić information content (AvgIpc) is 2.70. The number of sulfonamides is 1. The highest BCUT2D eigenvalue weighted by Crippen LogP contribution is 2.18. The molecule has 0 saturated heterocycles. The molecule has 2 N–H and O–H groups in total. The number of anilines is 2. The SMILES string of the molecule is O=C(CS(=O)(=O)c1ccccc1)Nc1ccc(S(=O)(=O)Nc2ccc(Cl)nn2)cc1. The molecule has 2 aromatic carbocycles. The number of carbonyl (C=O) groups is 1. The van der Waals surface area contributed by atoms with E-state index < -0.39 is 31.5 Å². The number of nitrogens with zero attached hydrogens (tertiary/aromatic N) is 2. The van der Waals surface area contributed by atoms with E-state index in [0.29, 0.717) is 0 Å². The molecule has 0 bridgehead atoms. The fraction of sp³-hybridized carbons (Fsp3) is 0.0556. The molecule has 0 fully saturated rings. The van der Waals surface area contributed by atoms with Crippen LogP contribution in [0.2, 0.25) is 5.15 Å². The van der Waals surface area contributed by atoms with Crippen molar-refractivity contribution in [3.63, 3.8) is 0 Å². The van der Waals surface area contributed by atoms with E-state index in [-0.39, 0.29) is 26.4 Å². The highest BCUT2D eigenvalue weighted by Gasteiger charge is 2.20. The first-order valence-electron chi connectivity index (χ1n) is 8.35. The lowest BCUT2D eigenvalue weighted by Gasteiger charge is -2.09. The van der Waals surface area contributed by atoms with E-state index in [9.17, 15) is 21.6 Å². The Morgan fingerprint density at radius 3 is 2.10 bits per heavy atom. The quantitative estimate of drug-likeness (QED) is 0.545. The van der Waals surface area contributed by atoms with Crippen LogP contribution < -0.4 is 10.0 Å². The van der Waals surface area contributed by atoms with Crippen LogP contribution in [0.4, 0.5) is 11.5 Å². The number of halogens is 1. The Bertz CT molecular complexity index is 1250. The van der Waals surface area contributed by atoms with Crippen LogP contribution in [-0.4, -0.2) is 38.7 Å². The summed E-state index contributed by atoms with van der Waals surface area (Å²) in [7, 11) is -7.73. The molecule has 3 aromatic rings. The normalized spacial score (nSPS) is 11.6. The van der Waals surface area contributed by atoms with Crippen molar-refractivity contribution in [1.82, 2.24) is 10.2 Å². The zero-order valence-corrected chi connectivity index (χ0v) is 17.6. The second-order valence-electron chi connectivity index (χ2n) is 5.99. The Kier molecular flexibility index (Phi) is 6.34. The van der Waals surface area contributed by atoms with Gasteiger partial charge in [0.15, 0.2) is 20.8 Å². The lowest BCUT2D eigenvalue weighted by atomic mass is 10.3. The zero-order valence-electron chi connectivity index (χ0n) is 15.2. The molecule has 12 heteroatoms. The molecule has 0 spiro atoms. The molecule has 1 amide bonds. The predicted molar refractivity (Wildman–Crippen MR) is 111 cm³/mol. The fourth-order valence-electron chi connectivity index (χ4n) is 2.37. The molecule has 0 radical (unpaired) electrons. The van der Waals surface area contributed by atoms with Crippen LogP contribution >= 0.6 is 11.6 Å². The van der Waals surface area contributed by atoms with Gasteiger partial charge in [0.2, 0.25) is 5.91 Å². The summed E-state index contributed by atoms with van der Waals surface area (Å²) in [5.74, 6) is -1.50. The van der Waals surface area contributed by atoms with Crippen molar-refractivity contribution in [3.8, 4) is 0 Å². The molecule has 0 unspecified atom stereocenters. The van der Waals surface area contributed by atoms with Gasteiger partial charge in [-0.25, -0.2) is 16.8 Å². The van der Waals surface area contributed by atoms with Gasteiger partial charge in [-0.1, -0.05) is 29.8 Å². The van der Waals surface area contributed by atoms with Gasteiger partial charge in [-0.3, -0.25) is 9.52 Å². The number of hydrogen-bond acceptors (Lipinski definition) is 7. The number of rotatable bonds is 7. The minimum absolute atomic E-state index is 0.0112. The third-order valence-corrected chi connectivity index (χ3v) is 6.95. The van der Waals surface area contributed by atoms with Crippen LogP contribution in [0.15, 0.2) is 76.5 Å². The Balaban J connectivity index is 1.66. The maximum Gasteiger partial charge on any atom is 0.263 e. The number of sulfone groups is 1. The molecule has 30 heavy (non-hydrogen) atoms.